The molecule has 5 aliphatic rings. The summed E-state index contributed by atoms with van der Waals surface area (Å²) in [5.74, 6) is 0.926. The van der Waals surface area contributed by atoms with Crippen LogP contribution in [-0.2, 0) is 15.0 Å². The molecule has 10 heteroatoms. The minimum absolute atomic E-state index is 0.0318. The van der Waals surface area contributed by atoms with Gasteiger partial charge in [0, 0.05) is 29.1 Å². The van der Waals surface area contributed by atoms with Crippen molar-refractivity contribution in [2.24, 2.45) is 5.41 Å². The number of benzene rings is 1. The SMILES string of the molecule is COCC12CC(n3ncc(Nc4ncc5cc(Cl)c(C6CCN(C7(C)COC7)CC6)cc5n4)c3Cl)(C1)C2. The number of halogens is 2. The molecule has 2 aliphatic heterocycles. The number of hydrogen-bond donors (Lipinski definition) is 1. The summed E-state index contributed by atoms with van der Waals surface area (Å²) in [6.07, 6.45) is 8.95. The van der Waals surface area contributed by atoms with Crippen molar-refractivity contribution in [3.8, 4) is 0 Å². The Morgan fingerprint density at radius 2 is 1.89 bits per heavy atom. The minimum atomic E-state index is 0.0318. The highest BCUT2D eigenvalue weighted by Crippen LogP contribution is 2.71. The van der Waals surface area contributed by atoms with Crippen LogP contribution in [0.2, 0.25) is 10.2 Å². The maximum Gasteiger partial charge on any atom is 0.227 e. The van der Waals surface area contributed by atoms with Crippen molar-refractivity contribution in [3.05, 3.63) is 40.3 Å². The van der Waals surface area contributed by atoms with Gasteiger partial charge in [-0.3, -0.25) is 4.90 Å². The van der Waals surface area contributed by atoms with Gasteiger partial charge in [-0.05, 0) is 75.7 Å². The highest BCUT2D eigenvalue weighted by molar-refractivity contribution is 6.32. The summed E-state index contributed by atoms with van der Waals surface area (Å²) in [6.45, 7) is 6.90. The van der Waals surface area contributed by atoms with Crippen LogP contribution in [0.15, 0.2) is 24.5 Å². The summed E-state index contributed by atoms with van der Waals surface area (Å²) in [5, 5.41) is 10.2. The predicted octanol–water partition coefficient (Wildman–Crippen LogP) is 5.37. The van der Waals surface area contributed by atoms with Crippen LogP contribution in [0.1, 0.15) is 50.5 Å². The molecular formula is C27H32Cl2N6O2. The van der Waals surface area contributed by atoms with Crippen molar-refractivity contribution < 1.29 is 9.47 Å². The number of hydrogen-bond acceptors (Lipinski definition) is 7. The molecule has 2 aromatic heterocycles. The van der Waals surface area contributed by atoms with E-state index in [0.29, 0.717) is 22.4 Å². The average Bonchev–Trinajstić information content (AvgIpc) is 3.18. The van der Waals surface area contributed by atoms with Crippen LogP contribution in [0.3, 0.4) is 0 Å². The van der Waals surface area contributed by atoms with E-state index in [-0.39, 0.29) is 11.1 Å². The van der Waals surface area contributed by atoms with E-state index in [1.165, 1.54) is 5.56 Å². The van der Waals surface area contributed by atoms with Gasteiger partial charge in [-0.2, -0.15) is 5.10 Å². The molecule has 3 aromatic rings. The summed E-state index contributed by atoms with van der Waals surface area (Å²) in [4.78, 5) is 11.9. The number of ether oxygens (including phenoxy) is 2. The van der Waals surface area contributed by atoms with Gasteiger partial charge in [0.15, 0.2) is 5.15 Å². The third-order valence-corrected chi connectivity index (χ3v) is 9.88. The maximum atomic E-state index is 6.76. The summed E-state index contributed by atoms with van der Waals surface area (Å²) in [6, 6.07) is 4.13. The topological polar surface area (TPSA) is 77.3 Å². The van der Waals surface area contributed by atoms with E-state index in [4.69, 9.17) is 37.7 Å². The number of likely N-dealkylation sites (tertiary alicyclic amines) is 1. The molecule has 1 aromatic carbocycles. The first kappa shape index (κ1) is 24.1. The Hall–Kier alpha value is -1.97. The van der Waals surface area contributed by atoms with Gasteiger partial charge in [-0.1, -0.05) is 23.2 Å². The first-order chi connectivity index (χ1) is 17.8. The first-order valence-electron chi connectivity index (χ1n) is 13.1. The van der Waals surface area contributed by atoms with Crippen molar-refractivity contribution in [3.63, 3.8) is 0 Å². The largest absolute Gasteiger partial charge is 0.384 e. The average molecular weight is 543 g/mol. The van der Waals surface area contributed by atoms with Gasteiger partial charge in [0.25, 0.3) is 0 Å². The number of piperidine rings is 1. The molecule has 0 amide bonds. The lowest BCUT2D eigenvalue weighted by Crippen LogP contribution is -2.69. The smallest absolute Gasteiger partial charge is 0.227 e. The standard InChI is InChI=1S/C27H32Cl2N6O2/c1-25(14-37-15-25)34-5-3-17(4-6-34)19-8-21-18(7-20(19)28)9-30-24(32-21)33-22-10-31-35(23(22)29)27-11-26(12-27,13-27)16-36-2/h7-10,17H,3-6,11-16H2,1-2H3,(H,30,32,33). The predicted molar refractivity (Wildman–Crippen MR) is 144 cm³/mol. The Balaban J connectivity index is 1.08. The second kappa shape index (κ2) is 8.52. The van der Waals surface area contributed by atoms with Crippen LogP contribution in [0, 0.1) is 5.41 Å². The van der Waals surface area contributed by atoms with Gasteiger partial charge in [-0.25, -0.2) is 14.6 Å². The highest BCUT2D eigenvalue weighted by Gasteiger charge is 2.69. The molecule has 0 spiro atoms. The quantitative estimate of drug-likeness (QED) is 0.429. The van der Waals surface area contributed by atoms with Crippen LogP contribution < -0.4 is 5.32 Å². The molecule has 37 heavy (non-hydrogen) atoms. The normalized spacial score (nSPS) is 29.0. The zero-order chi connectivity index (χ0) is 25.4. The number of rotatable bonds is 7. The number of anilines is 2. The molecule has 0 unspecified atom stereocenters. The molecule has 8 rings (SSSR count). The van der Waals surface area contributed by atoms with Gasteiger partial charge in [0.2, 0.25) is 5.95 Å². The number of fused-ring (bicyclic) bond motifs is 1. The Bertz CT molecular complexity index is 1340. The number of methoxy groups -OCH3 is 1. The van der Waals surface area contributed by atoms with Gasteiger partial charge in [-0.15, -0.1) is 0 Å². The summed E-state index contributed by atoms with van der Waals surface area (Å²) < 4.78 is 12.8. The first-order valence-corrected chi connectivity index (χ1v) is 13.9. The summed E-state index contributed by atoms with van der Waals surface area (Å²) in [5.41, 5.74) is 3.32. The number of nitrogens with one attached hydrogen (secondary N) is 1. The Morgan fingerprint density at radius 1 is 1.14 bits per heavy atom. The Kier molecular flexibility index (Phi) is 5.55. The van der Waals surface area contributed by atoms with Crippen molar-refractivity contribution in [1.29, 1.82) is 0 Å². The van der Waals surface area contributed by atoms with Gasteiger partial charge in [0.05, 0.1) is 48.3 Å². The van der Waals surface area contributed by atoms with Crippen LogP contribution in [-0.4, -0.2) is 70.2 Å². The summed E-state index contributed by atoms with van der Waals surface area (Å²) in [7, 11) is 1.77. The molecule has 8 nitrogen and oxygen atoms in total. The van der Waals surface area contributed by atoms with E-state index < -0.39 is 0 Å². The number of aromatic nitrogens is 4. The molecule has 2 bridgehead atoms. The molecule has 1 N–H and O–H groups in total. The maximum absolute atomic E-state index is 6.76. The fourth-order valence-electron chi connectivity index (χ4n) is 7.24. The third-order valence-electron chi connectivity index (χ3n) is 9.19. The molecule has 0 radical (unpaired) electrons. The molecule has 3 aliphatic carbocycles. The molecule has 2 saturated heterocycles. The molecule has 5 fully saturated rings. The van der Waals surface area contributed by atoms with Crippen molar-refractivity contribution in [2.75, 3.05) is 45.3 Å². The fraction of sp³-hybridized carbons (Fsp3) is 0.593. The second-order valence-electron chi connectivity index (χ2n) is 12.0. The van der Waals surface area contributed by atoms with E-state index in [9.17, 15) is 0 Å². The zero-order valence-electron chi connectivity index (χ0n) is 21.3. The van der Waals surface area contributed by atoms with Crippen LogP contribution in [0.5, 0.6) is 0 Å². The monoisotopic (exact) mass is 542 g/mol. The molecule has 196 valence electrons. The van der Waals surface area contributed by atoms with Crippen LogP contribution in [0.4, 0.5) is 11.6 Å². The molecule has 4 heterocycles. The molecule has 0 atom stereocenters. The highest BCUT2D eigenvalue weighted by atomic mass is 35.5. The minimum Gasteiger partial charge on any atom is -0.384 e. The lowest BCUT2D eigenvalue weighted by Gasteiger charge is -2.70. The van der Waals surface area contributed by atoms with Crippen LogP contribution >= 0.6 is 23.2 Å². The van der Waals surface area contributed by atoms with Gasteiger partial charge >= 0.3 is 0 Å². The Labute approximate surface area is 226 Å². The van der Waals surface area contributed by atoms with E-state index >= 15 is 0 Å². The van der Waals surface area contributed by atoms with E-state index in [1.54, 1.807) is 13.3 Å². The van der Waals surface area contributed by atoms with Gasteiger partial charge < -0.3 is 14.8 Å². The summed E-state index contributed by atoms with van der Waals surface area (Å²) >= 11 is 13.5. The molecular weight excluding hydrogens is 511 g/mol. The molecule has 3 saturated carbocycles. The Morgan fingerprint density at radius 3 is 2.57 bits per heavy atom. The lowest BCUT2D eigenvalue weighted by atomic mass is 9.39. The lowest BCUT2D eigenvalue weighted by molar-refractivity contribution is -0.217. The van der Waals surface area contributed by atoms with E-state index in [2.05, 4.69) is 33.3 Å². The van der Waals surface area contributed by atoms with Crippen molar-refractivity contribution in [1.82, 2.24) is 24.6 Å². The van der Waals surface area contributed by atoms with Crippen molar-refractivity contribution in [2.45, 2.75) is 56.0 Å². The van der Waals surface area contributed by atoms with Crippen LogP contribution in [0.25, 0.3) is 10.9 Å². The fourth-order valence-corrected chi connectivity index (χ4v) is 7.89. The van der Waals surface area contributed by atoms with Crippen molar-refractivity contribution >= 4 is 45.7 Å². The third kappa shape index (κ3) is 3.79. The second-order valence-corrected chi connectivity index (χ2v) is 12.7. The van der Waals surface area contributed by atoms with E-state index in [1.807, 2.05) is 16.9 Å². The number of nitrogens with zero attached hydrogens (tertiary/aromatic N) is 5. The zero-order valence-corrected chi connectivity index (χ0v) is 22.8. The van der Waals surface area contributed by atoms with Gasteiger partial charge in [0.1, 0.15) is 0 Å². The van der Waals surface area contributed by atoms with E-state index in [0.717, 1.165) is 86.6 Å².